The van der Waals surface area contributed by atoms with Crippen LogP contribution in [0.15, 0.2) is 24.4 Å². The van der Waals surface area contributed by atoms with E-state index in [4.69, 9.17) is 9.97 Å². The van der Waals surface area contributed by atoms with Crippen LogP contribution in [0.25, 0.3) is 11.0 Å². The molecule has 0 radical (unpaired) electrons. The molecule has 136 valence electrons. The van der Waals surface area contributed by atoms with Crippen LogP contribution >= 0.6 is 0 Å². The minimum absolute atomic E-state index is 0.461. The summed E-state index contributed by atoms with van der Waals surface area (Å²) in [5.41, 5.74) is 4.35. The van der Waals surface area contributed by atoms with E-state index in [1.807, 2.05) is 13.2 Å². The molecule has 1 fully saturated rings. The van der Waals surface area contributed by atoms with Crippen molar-refractivity contribution >= 4 is 28.5 Å². The molecular formula is C20H26N6. The van der Waals surface area contributed by atoms with E-state index in [0.29, 0.717) is 12.0 Å². The molecule has 0 bridgehead atoms. The summed E-state index contributed by atoms with van der Waals surface area (Å²) < 4.78 is 1.80. The van der Waals surface area contributed by atoms with Crippen LogP contribution in [0.5, 0.6) is 0 Å². The minimum atomic E-state index is 0.461. The molecule has 0 spiro atoms. The highest BCUT2D eigenvalue weighted by Gasteiger charge is 2.17. The molecule has 2 N–H and O–H groups in total. The van der Waals surface area contributed by atoms with Gasteiger partial charge in [-0.25, -0.2) is 0 Å². The maximum absolute atomic E-state index is 4.78. The van der Waals surface area contributed by atoms with Crippen molar-refractivity contribution in [3.63, 3.8) is 0 Å². The first-order valence-electron chi connectivity index (χ1n) is 9.41. The smallest absolute Gasteiger partial charge is 0.226 e. The van der Waals surface area contributed by atoms with E-state index in [0.717, 1.165) is 22.5 Å². The Hall–Kier alpha value is -2.63. The molecule has 1 aliphatic carbocycles. The zero-order chi connectivity index (χ0) is 18.1. The standard InChI is InChI=1S/C20H26N6/c1-13-9-10-17(14(2)11-13)23-18-16-12-21-26(3)19(16)25-20(24-18)22-15-7-5-4-6-8-15/h9-12,15H,4-8H2,1-3H3,(H2,22,23,24,25). The lowest BCUT2D eigenvalue weighted by molar-refractivity contribution is 0.461. The summed E-state index contributed by atoms with van der Waals surface area (Å²) in [7, 11) is 1.92. The van der Waals surface area contributed by atoms with Crippen molar-refractivity contribution in [2.45, 2.75) is 52.0 Å². The monoisotopic (exact) mass is 350 g/mol. The molecule has 6 heteroatoms. The lowest BCUT2D eigenvalue weighted by Gasteiger charge is -2.23. The summed E-state index contributed by atoms with van der Waals surface area (Å²) in [5.74, 6) is 1.48. The topological polar surface area (TPSA) is 67.7 Å². The molecule has 2 aromatic heterocycles. The number of anilines is 3. The van der Waals surface area contributed by atoms with Gasteiger partial charge in [0, 0.05) is 18.8 Å². The lowest BCUT2D eigenvalue weighted by Crippen LogP contribution is -2.23. The number of fused-ring (bicyclic) bond motifs is 1. The first kappa shape index (κ1) is 16.8. The predicted octanol–water partition coefficient (Wildman–Crippen LogP) is 4.47. The maximum Gasteiger partial charge on any atom is 0.226 e. The normalized spacial score (nSPS) is 15.3. The van der Waals surface area contributed by atoms with Crippen LogP contribution in [-0.4, -0.2) is 25.8 Å². The van der Waals surface area contributed by atoms with Gasteiger partial charge in [-0.05, 0) is 38.3 Å². The van der Waals surface area contributed by atoms with Gasteiger partial charge in [-0.15, -0.1) is 0 Å². The van der Waals surface area contributed by atoms with Crippen molar-refractivity contribution in [3.05, 3.63) is 35.5 Å². The Bertz CT molecular complexity index is 923. The molecule has 0 aliphatic heterocycles. The van der Waals surface area contributed by atoms with E-state index in [1.54, 1.807) is 4.68 Å². The summed E-state index contributed by atoms with van der Waals surface area (Å²) in [6, 6.07) is 6.84. The van der Waals surface area contributed by atoms with Crippen LogP contribution in [-0.2, 0) is 7.05 Å². The molecule has 2 heterocycles. The number of aryl methyl sites for hydroxylation is 3. The minimum Gasteiger partial charge on any atom is -0.351 e. The first-order chi connectivity index (χ1) is 12.6. The van der Waals surface area contributed by atoms with Crippen LogP contribution in [0, 0.1) is 13.8 Å². The highest BCUT2D eigenvalue weighted by Crippen LogP contribution is 2.28. The van der Waals surface area contributed by atoms with Gasteiger partial charge in [0.15, 0.2) is 5.65 Å². The Morgan fingerprint density at radius 2 is 1.88 bits per heavy atom. The average Bonchev–Trinajstić information content (AvgIpc) is 3.00. The molecule has 0 unspecified atom stereocenters. The molecular weight excluding hydrogens is 324 g/mol. The SMILES string of the molecule is Cc1ccc(Nc2nc(NC3CCCCC3)nc3c2cnn3C)c(C)c1. The summed E-state index contributed by atoms with van der Waals surface area (Å²) in [5, 5.41) is 12.3. The van der Waals surface area contributed by atoms with Gasteiger partial charge in [0.25, 0.3) is 0 Å². The van der Waals surface area contributed by atoms with Crippen molar-refractivity contribution in [2.75, 3.05) is 10.6 Å². The van der Waals surface area contributed by atoms with Gasteiger partial charge in [0.05, 0.1) is 11.6 Å². The predicted molar refractivity (Wildman–Crippen MR) is 106 cm³/mol. The highest BCUT2D eigenvalue weighted by molar-refractivity contribution is 5.89. The van der Waals surface area contributed by atoms with Gasteiger partial charge in [0.2, 0.25) is 5.95 Å². The molecule has 4 rings (SSSR count). The van der Waals surface area contributed by atoms with Gasteiger partial charge >= 0.3 is 0 Å². The molecule has 0 atom stereocenters. The van der Waals surface area contributed by atoms with Gasteiger partial charge < -0.3 is 10.6 Å². The zero-order valence-corrected chi connectivity index (χ0v) is 15.7. The number of nitrogens with one attached hydrogen (secondary N) is 2. The number of rotatable bonds is 4. The first-order valence-corrected chi connectivity index (χ1v) is 9.41. The number of nitrogens with zero attached hydrogens (tertiary/aromatic N) is 4. The molecule has 1 saturated carbocycles. The third kappa shape index (κ3) is 3.36. The van der Waals surface area contributed by atoms with Crippen LogP contribution < -0.4 is 10.6 Å². The Balaban J connectivity index is 1.70. The molecule has 6 nitrogen and oxygen atoms in total. The molecule has 0 amide bonds. The second-order valence-corrected chi connectivity index (χ2v) is 7.32. The molecule has 1 aliphatic rings. The van der Waals surface area contributed by atoms with Crippen LogP contribution in [0.2, 0.25) is 0 Å². The fourth-order valence-electron chi connectivity index (χ4n) is 3.69. The van der Waals surface area contributed by atoms with E-state index in [-0.39, 0.29) is 0 Å². The number of benzene rings is 1. The van der Waals surface area contributed by atoms with E-state index in [1.165, 1.54) is 43.2 Å². The van der Waals surface area contributed by atoms with E-state index in [9.17, 15) is 0 Å². The fraction of sp³-hybridized carbons (Fsp3) is 0.450. The number of hydrogen-bond acceptors (Lipinski definition) is 5. The van der Waals surface area contributed by atoms with Crippen molar-refractivity contribution in [1.82, 2.24) is 19.7 Å². The van der Waals surface area contributed by atoms with Gasteiger partial charge in [-0.1, -0.05) is 37.0 Å². The maximum atomic E-state index is 4.78. The van der Waals surface area contributed by atoms with Crippen LogP contribution in [0.4, 0.5) is 17.5 Å². The highest BCUT2D eigenvalue weighted by atomic mass is 15.3. The van der Waals surface area contributed by atoms with Gasteiger partial charge in [-0.3, -0.25) is 4.68 Å². The molecule has 3 aromatic rings. The van der Waals surface area contributed by atoms with Crippen molar-refractivity contribution in [1.29, 1.82) is 0 Å². The summed E-state index contributed by atoms with van der Waals surface area (Å²) >= 11 is 0. The number of aromatic nitrogens is 4. The fourth-order valence-corrected chi connectivity index (χ4v) is 3.69. The number of hydrogen-bond donors (Lipinski definition) is 2. The van der Waals surface area contributed by atoms with E-state index < -0.39 is 0 Å². The largest absolute Gasteiger partial charge is 0.351 e. The summed E-state index contributed by atoms with van der Waals surface area (Å²) in [4.78, 5) is 9.49. The van der Waals surface area contributed by atoms with Crippen LogP contribution in [0.1, 0.15) is 43.2 Å². The van der Waals surface area contributed by atoms with Crippen LogP contribution in [0.3, 0.4) is 0 Å². The average molecular weight is 350 g/mol. The summed E-state index contributed by atoms with van der Waals surface area (Å²) in [6.45, 7) is 4.21. The van der Waals surface area contributed by atoms with E-state index >= 15 is 0 Å². The zero-order valence-electron chi connectivity index (χ0n) is 15.7. The Morgan fingerprint density at radius 1 is 1.08 bits per heavy atom. The quantitative estimate of drug-likeness (QED) is 0.727. The second kappa shape index (κ2) is 6.94. The molecule has 26 heavy (non-hydrogen) atoms. The third-order valence-electron chi connectivity index (χ3n) is 5.17. The van der Waals surface area contributed by atoms with E-state index in [2.05, 4.69) is 47.8 Å². The Morgan fingerprint density at radius 3 is 2.65 bits per heavy atom. The Kier molecular flexibility index (Phi) is 4.49. The van der Waals surface area contributed by atoms with Crippen molar-refractivity contribution in [2.24, 2.45) is 7.05 Å². The van der Waals surface area contributed by atoms with Gasteiger partial charge in [-0.2, -0.15) is 15.1 Å². The van der Waals surface area contributed by atoms with Crippen molar-refractivity contribution < 1.29 is 0 Å². The molecule has 1 aromatic carbocycles. The second-order valence-electron chi connectivity index (χ2n) is 7.32. The van der Waals surface area contributed by atoms with Crippen molar-refractivity contribution in [3.8, 4) is 0 Å². The lowest BCUT2D eigenvalue weighted by atomic mass is 9.96. The summed E-state index contributed by atoms with van der Waals surface area (Å²) in [6.07, 6.45) is 8.09. The third-order valence-corrected chi connectivity index (χ3v) is 5.17. The molecule has 0 saturated heterocycles. The van der Waals surface area contributed by atoms with Gasteiger partial charge in [0.1, 0.15) is 5.82 Å². The Labute approximate surface area is 154 Å².